The minimum Gasteiger partial charge on any atom is -0.300 e. The third kappa shape index (κ3) is 3.82. The van der Waals surface area contributed by atoms with Gasteiger partial charge in [-0.1, -0.05) is 18.2 Å². The summed E-state index contributed by atoms with van der Waals surface area (Å²) in [5.74, 6) is -0.318. The molecule has 2 aromatic heterocycles. The fourth-order valence-corrected chi connectivity index (χ4v) is 3.95. The zero-order valence-corrected chi connectivity index (χ0v) is 17.2. The second-order valence-electron chi connectivity index (χ2n) is 7.03. The van der Waals surface area contributed by atoms with Gasteiger partial charge in [-0.05, 0) is 55.7 Å². The van der Waals surface area contributed by atoms with Crippen molar-refractivity contribution >= 4 is 33.3 Å². The standard InChI is InChI=1S/C22H20N4O2S/c1-13-8-15(3)17(9-14(13)2)19-11-29-22(24-19)25-20(27)10-26-12-23-18-7-5-4-6-16(18)21(26)28/h4-9,11-12H,10H2,1-3H3,(H,24,25,27). The van der Waals surface area contributed by atoms with Crippen LogP contribution in [-0.2, 0) is 11.3 Å². The van der Waals surface area contributed by atoms with Gasteiger partial charge in [-0.3, -0.25) is 14.2 Å². The molecule has 4 rings (SSSR count). The summed E-state index contributed by atoms with van der Waals surface area (Å²) in [6, 6.07) is 11.3. The largest absolute Gasteiger partial charge is 0.300 e. The number of aryl methyl sites for hydroxylation is 3. The van der Waals surface area contributed by atoms with Crippen LogP contribution < -0.4 is 10.9 Å². The van der Waals surface area contributed by atoms with Gasteiger partial charge in [0.1, 0.15) is 6.54 Å². The van der Waals surface area contributed by atoms with E-state index in [1.54, 1.807) is 18.2 Å². The number of carbonyl (C=O) groups excluding carboxylic acids is 1. The van der Waals surface area contributed by atoms with Gasteiger partial charge in [-0.15, -0.1) is 11.3 Å². The van der Waals surface area contributed by atoms with E-state index < -0.39 is 0 Å². The number of fused-ring (bicyclic) bond motifs is 1. The molecule has 0 aliphatic rings. The molecule has 2 aromatic carbocycles. The lowest BCUT2D eigenvalue weighted by molar-refractivity contribution is -0.116. The maximum absolute atomic E-state index is 12.5. The average Bonchev–Trinajstić information content (AvgIpc) is 3.15. The monoisotopic (exact) mass is 404 g/mol. The topological polar surface area (TPSA) is 76.9 Å². The van der Waals surface area contributed by atoms with Crippen LogP contribution in [0.4, 0.5) is 5.13 Å². The molecule has 2 heterocycles. The number of para-hydroxylation sites is 1. The maximum atomic E-state index is 12.5. The van der Waals surface area contributed by atoms with Crippen molar-refractivity contribution in [1.29, 1.82) is 0 Å². The van der Waals surface area contributed by atoms with Crippen LogP contribution in [-0.4, -0.2) is 20.4 Å². The second kappa shape index (κ2) is 7.60. The number of nitrogens with one attached hydrogen (secondary N) is 1. The van der Waals surface area contributed by atoms with Crippen LogP contribution in [0.15, 0.2) is 52.9 Å². The quantitative estimate of drug-likeness (QED) is 0.556. The third-order valence-electron chi connectivity index (χ3n) is 4.91. The van der Waals surface area contributed by atoms with Gasteiger partial charge in [0, 0.05) is 10.9 Å². The lowest BCUT2D eigenvalue weighted by atomic mass is 9.99. The van der Waals surface area contributed by atoms with E-state index in [1.807, 2.05) is 11.4 Å². The van der Waals surface area contributed by atoms with E-state index in [4.69, 9.17) is 0 Å². The summed E-state index contributed by atoms with van der Waals surface area (Å²) in [4.78, 5) is 33.8. The fourth-order valence-electron chi connectivity index (χ4n) is 3.22. The molecule has 0 fully saturated rings. The number of hydrogen-bond donors (Lipinski definition) is 1. The van der Waals surface area contributed by atoms with Gasteiger partial charge >= 0.3 is 0 Å². The van der Waals surface area contributed by atoms with E-state index in [9.17, 15) is 9.59 Å². The molecule has 7 heteroatoms. The molecule has 1 N–H and O–H groups in total. The summed E-state index contributed by atoms with van der Waals surface area (Å²) in [7, 11) is 0. The zero-order chi connectivity index (χ0) is 20.5. The Hall–Kier alpha value is -3.32. The normalized spacial score (nSPS) is 11.0. The van der Waals surface area contributed by atoms with Gasteiger partial charge in [-0.2, -0.15) is 0 Å². The summed E-state index contributed by atoms with van der Waals surface area (Å²) < 4.78 is 1.31. The van der Waals surface area contributed by atoms with Crippen LogP contribution in [0.2, 0.25) is 0 Å². The Morgan fingerprint density at radius 1 is 1.10 bits per heavy atom. The summed E-state index contributed by atoms with van der Waals surface area (Å²) in [5, 5.41) is 5.70. The molecule has 0 aliphatic carbocycles. The molecule has 0 atom stereocenters. The molecule has 0 aliphatic heterocycles. The lowest BCUT2D eigenvalue weighted by Crippen LogP contribution is -2.27. The molecule has 0 radical (unpaired) electrons. The van der Waals surface area contributed by atoms with Gasteiger partial charge < -0.3 is 5.32 Å². The van der Waals surface area contributed by atoms with Crippen molar-refractivity contribution in [2.45, 2.75) is 27.3 Å². The fraction of sp³-hybridized carbons (Fsp3) is 0.182. The molecular weight excluding hydrogens is 384 g/mol. The van der Waals surface area contributed by atoms with Crippen molar-refractivity contribution in [3.63, 3.8) is 0 Å². The molecule has 0 bridgehead atoms. The van der Waals surface area contributed by atoms with Crippen LogP contribution in [0.5, 0.6) is 0 Å². The first-order chi connectivity index (χ1) is 13.9. The van der Waals surface area contributed by atoms with Crippen LogP contribution in [0.3, 0.4) is 0 Å². The number of thiazole rings is 1. The van der Waals surface area contributed by atoms with Crippen molar-refractivity contribution in [3.05, 3.63) is 75.1 Å². The summed E-state index contributed by atoms with van der Waals surface area (Å²) in [6.45, 7) is 6.10. The highest BCUT2D eigenvalue weighted by molar-refractivity contribution is 7.14. The number of anilines is 1. The van der Waals surface area contributed by atoms with Crippen LogP contribution >= 0.6 is 11.3 Å². The molecule has 1 amide bonds. The number of aromatic nitrogens is 3. The summed E-state index contributed by atoms with van der Waals surface area (Å²) in [6.07, 6.45) is 1.40. The predicted molar refractivity (Wildman–Crippen MR) is 116 cm³/mol. The van der Waals surface area contributed by atoms with Crippen molar-refractivity contribution < 1.29 is 4.79 Å². The van der Waals surface area contributed by atoms with Crippen molar-refractivity contribution in [2.75, 3.05) is 5.32 Å². The lowest BCUT2D eigenvalue weighted by Gasteiger charge is -2.08. The van der Waals surface area contributed by atoms with E-state index in [-0.39, 0.29) is 18.0 Å². The first-order valence-electron chi connectivity index (χ1n) is 9.20. The number of nitrogens with zero attached hydrogens (tertiary/aromatic N) is 3. The molecule has 146 valence electrons. The Balaban J connectivity index is 1.52. The SMILES string of the molecule is Cc1cc(C)c(-c2csc(NC(=O)Cn3cnc4ccccc4c3=O)n2)cc1C. The van der Waals surface area contributed by atoms with Crippen molar-refractivity contribution in [1.82, 2.24) is 14.5 Å². The average molecular weight is 404 g/mol. The highest BCUT2D eigenvalue weighted by Gasteiger charge is 2.12. The molecule has 29 heavy (non-hydrogen) atoms. The van der Waals surface area contributed by atoms with Crippen molar-refractivity contribution in [3.8, 4) is 11.3 Å². The number of carbonyl (C=O) groups is 1. The van der Waals surface area contributed by atoms with Gasteiger partial charge in [0.15, 0.2) is 5.13 Å². The molecule has 6 nitrogen and oxygen atoms in total. The summed E-state index contributed by atoms with van der Waals surface area (Å²) in [5.41, 5.74) is 5.84. The van der Waals surface area contributed by atoms with E-state index in [2.05, 4.69) is 48.2 Å². The Labute approximate surface area is 171 Å². The Morgan fingerprint density at radius 2 is 1.86 bits per heavy atom. The smallest absolute Gasteiger partial charge is 0.261 e. The van der Waals surface area contributed by atoms with E-state index >= 15 is 0 Å². The van der Waals surface area contributed by atoms with Crippen LogP contribution in [0.1, 0.15) is 16.7 Å². The van der Waals surface area contributed by atoms with Gasteiger partial charge in [0.25, 0.3) is 5.56 Å². The van der Waals surface area contributed by atoms with Crippen LogP contribution in [0, 0.1) is 20.8 Å². The Morgan fingerprint density at radius 3 is 2.69 bits per heavy atom. The molecule has 0 unspecified atom stereocenters. The minimum atomic E-state index is -0.318. The van der Waals surface area contributed by atoms with E-state index in [0.29, 0.717) is 16.0 Å². The zero-order valence-electron chi connectivity index (χ0n) is 16.4. The number of hydrogen-bond acceptors (Lipinski definition) is 5. The molecule has 0 saturated carbocycles. The molecule has 0 saturated heterocycles. The minimum absolute atomic E-state index is 0.117. The first kappa shape index (κ1) is 19.0. The molecular formula is C22H20N4O2S. The van der Waals surface area contributed by atoms with Gasteiger partial charge in [-0.25, -0.2) is 9.97 Å². The Kier molecular flexibility index (Phi) is 4.98. The highest BCUT2D eigenvalue weighted by Crippen LogP contribution is 2.29. The predicted octanol–water partition coefficient (Wildman–Crippen LogP) is 4.08. The van der Waals surface area contributed by atoms with Crippen LogP contribution in [0.25, 0.3) is 22.2 Å². The van der Waals surface area contributed by atoms with Crippen molar-refractivity contribution in [2.24, 2.45) is 0 Å². The van der Waals surface area contributed by atoms with Gasteiger partial charge in [0.2, 0.25) is 5.91 Å². The maximum Gasteiger partial charge on any atom is 0.261 e. The Bertz CT molecular complexity index is 1290. The second-order valence-corrected chi connectivity index (χ2v) is 7.89. The summed E-state index contributed by atoms with van der Waals surface area (Å²) >= 11 is 1.36. The highest BCUT2D eigenvalue weighted by atomic mass is 32.1. The first-order valence-corrected chi connectivity index (χ1v) is 10.1. The number of amides is 1. The number of benzene rings is 2. The van der Waals surface area contributed by atoms with E-state index in [0.717, 1.165) is 16.8 Å². The van der Waals surface area contributed by atoms with E-state index in [1.165, 1.54) is 33.4 Å². The number of rotatable bonds is 4. The molecule has 4 aromatic rings. The third-order valence-corrected chi connectivity index (χ3v) is 5.67. The van der Waals surface area contributed by atoms with Gasteiger partial charge in [0.05, 0.1) is 22.9 Å². The molecule has 0 spiro atoms.